The van der Waals surface area contributed by atoms with E-state index in [1.165, 1.54) is 24.2 Å². The minimum Gasteiger partial charge on any atom is -0.355 e. The molecule has 1 aromatic carbocycles. The molecule has 29 heavy (non-hydrogen) atoms. The minimum atomic E-state index is -0.256. The highest BCUT2D eigenvalue weighted by Gasteiger charge is 2.34. The molecular formula is C23H33N3O3. The lowest BCUT2D eigenvalue weighted by molar-refractivity contribution is -0.121. The van der Waals surface area contributed by atoms with Gasteiger partial charge in [0.25, 0.3) is 11.8 Å². The van der Waals surface area contributed by atoms with Crippen LogP contribution < -0.4 is 5.32 Å². The van der Waals surface area contributed by atoms with E-state index in [1.807, 2.05) is 0 Å². The fourth-order valence-corrected chi connectivity index (χ4v) is 4.35. The van der Waals surface area contributed by atoms with Crippen LogP contribution in [0.3, 0.4) is 0 Å². The predicted octanol–water partition coefficient (Wildman–Crippen LogP) is 3.08. The van der Waals surface area contributed by atoms with Crippen LogP contribution in [0.15, 0.2) is 24.3 Å². The van der Waals surface area contributed by atoms with Crippen LogP contribution in [0.1, 0.15) is 73.1 Å². The lowest BCUT2D eigenvalue weighted by atomic mass is 9.99. The van der Waals surface area contributed by atoms with E-state index in [0.717, 1.165) is 19.5 Å². The standard InChI is InChI=1S/C23H33N3O3/c1-17(2)15-18(25-12-6-3-7-13-25)16-24-21(27)11-8-14-26-22(28)19-9-4-5-10-20(19)23(26)29/h4-5,9-10,17-18H,3,6-8,11-16H2,1-2H3,(H,24,27). The normalized spacial score (nSPS) is 18.2. The summed E-state index contributed by atoms with van der Waals surface area (Å²) in [7, 11) is 0. The molecule has 2 aliphatic heterocycles. The Morgan fingerprint density at radius 3 is 2.24 bits per heavy atom. The zero-order valence-corrected chi connectivity index (χ0v) is 17.7. The Morgan fingerprint density at radius 2 is 1.66 bits per heavy atom. The van der Waals surface area contributed by atoms with Crippen molar-refractivity contribution in [1.82, 2.24) is 15.1 Å². The average Bonchev–Trinajstić information content (AvgIpc) is 2.96. The molecule has 6 heteroatoms. The van der Waals surface area contributed by atoms with Gasteiger partial charge in [0.1, 0.15) is 0 Å². The van der Waals surface area contributed by atoms with Crippen LogP contribution in [0.25, 0.3) is 0 Å². The zero-order chi connectivity index (χ0) is 20.8. The number of nitrogens with zero attached hydrogens (tertiary/aromatic N) is 2. The topological polar surface area (TPSA) is 69.7 Å². The Balaban J connectivity index is 1.43. The van der Waals surface area contributed by atoms with Gasteiger partial charge in [-0.2, -0.15) is 0 Å². The molecule has 2 heterocycles. The third kappa shape index (κ3) is 5.44. The van der Waals surface area contributed by atoms with Gasteiger partial charge in [0.05, 0.1) is 11.1 Å². The third-order valence-electron chi connectivity index (χ3n) is 5.85. The first kappa shape index (κ1) is 21.5. The van der Waals surface area contributed by atoms with E-state index in [9.17, 15) is 14.4 Å². The highest BCUT2D eigenvalue weighted by atomic mass is 16.2. The first-order valence-electron chi connectivity index (χ1n) is 10.9. The highest BCUT2D eigenvalue weighted by molar-refractivity contribution is 6.21. The van der Waals surface area contributed by atoms with Crippen LogP contribution in [-0.4, -0.2) is 59.7 Å². The second-order valence-electron chi connectivity index (χ2n) is 8.60. The van der Waals surface area contributed by atoms with Gasteiger partial charge in [-0.1, -0.05) is 32.4 Å². The number of piperidine rings is 1. The van der Waals surface area contributed by atoms with Crippen LogP contribution in [-0.2, 0) is 4.79 Å². The summed E-state index contributed by atoms with van der Waals surface area (Å²) < 4.78 is 0. The molecule has 0 bridgehead atoms. The third-order valence-corrected chi connectivity index (χ3v) is 5.85. The minimum absolute atomic E-state index is 0.00706. The number of amides is 3. The molecule has 0 saturated carbocycles. The number of likely N-dealkylation sites (tertiary alicyclic amines) is 1. The summed E-state index contributed by atoms with van der Waals surface area (Å²) in [6, 6.07) is 7.26. The summed E-state index contributed by atoms with van der Waals surface area (Å²) in [6.07, 6.45) is 5.66. The van der Waals surface area contributed by atoms with Crippen LogP contribution in [0.5, 0.6) is 0 Å². The predicted molar refractivity (Wildman–Crippen MR) is 113 cm³/mol. The van der Waals surface area contributed by atoms with Crippen molar-refractivity contribution in [2.75, 3.05) is 26.2 Å². The number of nitrogens with one attached hydrogen (secondary N) is 1. The van der Waals surface area contributed by atoms with Gasteiger partial charge in [-0.05, 0) is 56.8 Å². The number of benzene rings is 1. The van der Waals surface area contributed by atoms with Crippen LogP contribution in [0.4, 0.5) is 0 Å². The molecule has 3 rings (SSSR count). The van der Waals surface area contributed by atoms with Gasteiger partial charge in [-0.3, -0.25) is 24.2 Å². The van der Waals surface area contributed by atoms with Crippen molar-refractivity contribution in [2.45, 2.75) is 58.4 Å². The molecule has 158 valence electrons. The largest absolute Gasteiger partial charge is 0.355 e. The van der Waals surface area contributed by atoms with Gasteiger partial charge in [0, 0.05) is 25.6 Å². The summed E-state index contributed by atoms with van der Waals surface area (Å²) >= 11 is 0. The summed E-state index contributed by atoms with van der Waals surface area (Å²) in [4.78, 5) is 40.9. The fraction of sp³-hybridized carbons (Fsp3) is 0.609. The van der Waals surface area contributed by atoms with Gasteiger partial charge in [-0.25, -0.2) is 0 Å². The van der Waals surface area contributed by atoms with Crippen LogP contribution >= 0.6 is 0 Å². The van der Waals surface area contributed by atoms with Crippen molar-refractivity contribution in [3.05, 3.63) is 35.4 Å². The second-order valence-corrected chi connectivity index (χ2v) is 8.60. The first-order valence-corrected chi connectivity index (χ1v) is 10.9. The summed E-state index contributed by atoms with van der Waals surface area (Å²) in [5.74, 6) is 0.0706. The van der Waals surface area contributed by atoms with Crippen molar-refractivity contribution < 1.29 is 14.4 Å². The van der Waals surface area contributed by atoms with E-state index in [0.29, 0.717) is 42.5 Å². The van der Waals surface area contributed by atoms with E-state index < -0.39 is 0 Å². The van der Waals surface area contributed by atoms with E-state index in [4.69, 9.17) is 0 Å². The summed E-state index contributed by atoms with van der Waals surface area (Å²) in [5.41, 5.74) is 0.917. The molecule has 3 amide bonds. The van der Waals surface area contributed by atoms with Gasteiger partial charge < -0.3 is 5.32 Å². The van der Waals surface area contributed by atoms with E-state index >= 15 is 0 Å². The molecule has 6 nitrogen and oxygen atoms in total. The molecule has 0 spiro atoms. The van der Waals surface area contributed by atoms with Crippen LogP contribution in [0.2, 0.25) is 0 Å². The molecular weight excluding hydrogens is 366 g/mol. The van der Waals surface area contributed by atoms with Gasteiger partial charge in [0.15, 0.2) is 0 Å². The van der Waals surface area contributed by atoms with Crippen molar-refractivity contribution in [2.24, 2.45) is 5.92 Å². The monoisotopic (exact) mass is 399 g/mol. The molecule has 0 aliphatic carbocycles. The number of carbonyl (C=O) groups excluding carboxylic acids is 3. The maximum absolute atomic E-state index is 12.4. The van der Waals surface area contributed by atoms with Gasteiger partial charge in [-0.15, -0.1) is 0 Å². The maximum atomic E-state index is 12.4. The molecule has 1 atom stereocenters. The molecule has 1 saturated heterocycles. The molecule has 1 aromatic rings. The fourth-order valence-electron chi connectivity index (χ4n) is 4.35. The number of rotatable bonds is 9. The van der Waals surface area contributed by atoms with E-state index in [2.05, 4.69) is 24.1 Å². The maximum Gasteiger partial charge on any atom is 0.261 e. The Hall–Kier alpha value is -2.21. The Labute approximate surface area is 173 Å². The number of imide groups is 1. The molecule has 0 aromatic heterocycles. The Bertz CT molecular complexity index is 706. The highest BCUT2D eigenvalue weighted by Crippen LogP contribution is 2.22. The molecule has 1 fully saturated rings. The van der Waals surface area contributed by atoms with Crippen molar-refractivity contribution in [3.63, 3.8) is 0 Å². The van der Waals surface area contributed by atoms with E-state index in [1.54, 1.807) is 24.3 Å². The summed E-state index contributed by atoms with van der Waals surface area (Å²) in [6.45, 7) is 7.63. The van der Waals surface area contributed by atoms with Crippen LogP contribution in [0, 0.1) is 5.92 Å². The molecule has 1 N–H and O–H groups in total. The number of fused-ring (bicyclic) bond motifs is 1. The number of carbonyl (C=O) groups is 3. The number of hydrogen-bond donors (Lipinski definition) is 1. The second kappa shape index (κ2) is 10.0. The lowest BCUT2D eigenvalue weighted by Crippen LogP contribution is -2.46. The first-order chi connectivity index (χ1) is 14.0. The Morgan fingerprint density at radius 1 is 1.03 bits per heavy atom. The van der Waals surface area contributed by atoms with Gasteiger partial charge >= 0.3 is 0 Å². The molecule has 2 aliphatic rings. The molecule has 1 unspecified atom stereocenters. The molecule has 0 radical (unpaired) electrons. The average molecular weight is 400 g/mol. The smallest absolute Gasteiger partial charge is 0.261 e. The quantitative estimate of drug-likeness (QED) is 0.648. The SMILES string of the molecule is CC(C)CC(CNC(=O)CCCN1C(=O)c2ccccc2C1=O)N1CCCCC1. The van der Waals surface area contributed by atoms with E-state index in [-0.39, 0.29) is 24.3 Å². The number of hydrogen-bond acceptors (Lipinski definition) is 4. The van der Waals surface area contributed by atoms with Crippen molar-refractivity contribution >= 4 is 17.7 Å². The Kier molecular flexibility index (Phi) is 7.42. The lowest BCUT2D eigenvalue weighted by Gasteiger charge is -2.35. The summed E-state index contributed by atoms with van der Waals surface area (Å²) in [5, 5.41) is 3.08. The van der Waals surface area contributed by atoms with Gasteiger partial charge in [0.2, 0.25) is 5.91 Å². The zero-order valence-electron chi connectivity index (χ0n) is 17.7. The van der Waals surface area contributed by atoms with Crippen molar-refractivity contribution in [1.29, 1.82) is 0 Å². The van der Waals surface area contributed by atoms with Crippen molar-refractivity contribution in [3.8, 4) is 0 Å².